The summed E-state index contributed by atoms with van der Waals surface area (Å²) >= 11 is 0. The van der Waals surface area contributed by atoms with Gasteiger partial charge in [-0.1, -0.05) is 47.0 Å². The Morgan fingerprint density at radius 3 is 1.05 bits per heavy atom. The van der Waals surface area contributed by atoms with Gasteiger partial charge in [-0.2, -0.15) is 5.26 Å². The number of carbonyl (C=O) groups is 4. The highest BCUT2D eigenvalue weighted by molar-refractivity contribution is 5.77. The van der Waals surface area contributed by atoms with Gasteiger partial charge in [0.05, 0.1) is 43.0 Å². The molecule has 0 fully saturated rings. The van der Waals surface area contributed by atoms with E-state index in [1.807, 2.05) is 13.8 Å². The lowest BCUT2D eigenvalue weighted by atomic mass is 9.82. The van der Waals surface area contributed by atoms with Crippen LogP contribution in [-0.4, -0.2) is 219 Å². The van der Waals surface area contributed by atoms with Gasteiger partial charge in [-0.15, -0.1) is 0 Å². The van der Waals surface area contributed by atoms with Gasteiger partial charge in [-0.25, -0.2) is 0 Å². The third-order valence-electron chi connectivity index (χ3n) is 13.9. The third-order valence-corrected chi connectivity index (χ3v) is 13.9. The van der Waals surface area contributed by atoms with Crippen LogP contribution in [0.3, 0.4) is 0 Å². The van der Waals surface area contributed by atoms with Crippen LogP contribution in [0.25, 0.3) is 0 Å². The van der Waals surface area contributed by atoms with Gasteiger partial charge in [0.15, 0.2) is 0 Å². The lowest BCUT2D eigenvalue weighted by Gasteiger charge is -2.25. The van der Waals surface area contributed by atoms with Crippen molar-refractivity contribution < 1.29 is 100 Å². The molecule has 0 bridgehead atoms. The van der Waals surface area contributed by atoms with Gasteiger partial charge >= 0.3 is 23.9 Å². The number of carboxylic acids is 1. The first-order valence-corrected chi connectivity index (χ1v) is 33.2. The van der Waals surface area contributed by atoms with Crippen LogP contribution in [-0.2, 0) is 90.2 Å². The number of esters is 3. The van der Waals surface area contributed by atoms with E-state index < -0.39 is 53.7 Å². The first-order chi connectivity index (χ1) is 42.5. The van der Waals surface area contributed by atoms with E-state index in [0.29, 0.717) is 178 Å². The number of nitrogens with zero attached hydrogens (tertiary/aromatic N) is 1. The minimum atomic E-state index is -1.15. The van der Waals surface area contributed by atoms with E-state index in [0.717, 1.165) is 96.3 Å². The molecule has 0 saturated carbocycles. The van der Waals surface area contributed by atoms with Crippen LogP contribution >= 0.6 is 0 Å². The molecular formula is C65H121NO21. The zero-order valence-electron chi connectivity index (χ0n) is 54.7. The molecular weight excluding hydrogens is 1130 g/mol. The first kappa shape index (κ1) is 83.8. The summed E-state index contributed by atoms with van der Waals surface area (Å²) in [4.78, 5) is 50.7. The summed E-state index contributed by atoms with van der Waals surface area (Å²) < 4.78 is 84.4. The maximum Gasteiger partial charge on any atom is 0.308 e. The number of carboxylic acid groups (broad SMARTS) is 1. The summed E-state index contributed by atoms with van der Waals surface area (Å²) in [5.41, 5.74) is 0. The fourth-order valence-electron chi connectivity index (χ4n) is 8.83. The Hall–Kier alpha value is -3.15. The molecule has 22 nitrogen and oxygen atoms in total. The molecule has 512 valence electrons. The second-order valence-corrected chi connectivity index (χ2v) is 21.9. The summed E-state index contributed by atoms with van der Waals surface area (Å²) in [5.74, 6) is -5.91. The fraction of sp³-hybridized carbons (Fsp3) is 0.923. The third kappa shape index (κ3) is 57.7. The summed E-state index contributed by atoms with van der Waals surface area (Å²) in [6.07, 6.45) is 14.2. The molecule has 0 aliphatic heterocycles. The molecule has 0 aliphatic rings. The monoisotopic (exact) mass is 1250 g/mol. The van der Waals surface area contributed by atoms with Crippen LogP contribution in [0.4, 0.5) is 0 Å². The molecule has 87 heavy (non-hydrogen) atoms. The quantitative estimate of drug-likeness (QED) is 0.0326. The summed E-state index contributed by atoms with van der Waals surface area (Å²) in [6, 6.07) is 2.16. The summed E-state index contributed by atoms with van der Waals surface area (Å²) in [5, 5.41) is 28.8. The van der Waals surface area contributed by atoms with E-state index in [4.69, 9.17) is 76.2 Å². The smallest absolute Gasteiger partial charge is 0.308 e. The number of unbranched alkanes of at least 4 members (excludes halogenated alkanes) is 1. The maximum atomic E-state index is 13.6. The lowest BCUT2D eigenvalue weighted by molar-refractivity contribution is -0.155. The Labute approximate surface area is 523 Å². The van der Waals surface area contributed by atoms with Crippen molar-refractivity contribution in [2.75, 3.05) is 178 Å². The van der Waals surface area contributed by atoms with Crippen molar-refractivity contribution in [2.24, 2.45) is 29.6 Å². The van der Waals surface area contributed by atoms with Crippen LogP contribution in [0, 0.1) is 40.9 Å². The molecule has 0 radical (unpaired) electrons. The minimum Gasteiger partial charge on any atom is -0.481 e. The highest BCUT2D eigenvalue weighted by Crippen LogP contribution is 2.30. The zero-order valence-corrected chi connectivity index (χ0v) is 54.7. The van der Waals surface area contributed by atoms with Crippen molar-refractivity contribution in [3.63, 3.8) is 0 Å². The van der Waals surface area contributed by atoms with E-state index in [9.17, 15) is 29.5 Å². The molecule has 0 aliphatic carbocycles. The average molecular weight is 1250 g/mol. The number of rotatable bonds is 70. The lowest BCUT2D eigenvalue weighted by Crippen LogP contribution is -2.31. The number of aliphatic hydroxyl groups is 1. The Balaban J connectivity index is 3.78. The van der Waals surface area contributed by atoms with E-state index in [1.54, 1.807) is 6.92 Å². The number of nitriles is 1. The van der Waals surface area contributed by atoms with Gasteiger partial charge in [-0.3, -0.25) is 19.2 Å². The Bertz CT molecular complexity index is 1580. The van der Waals surface area contributed by atoms with Crippen LogP contribution in [0.15, 0.2) is 0 Å². The zero-order chi connectivity index (χ0) is 63.7. The van der Waals surface area contributed by atoms with Crippen molar-refractivity contribution in [2.45, 2.75) is 182 Å². The number of aliphatic carboxylic acids is 1. The highest BCUT2D eigenvalue weighted by Gasteiger charge is 2.34. The van der Waals surface area contributed by atoms with Crippen LogP contribution < -0.4 is 0 Å². The maximum absolute atomic E-state index is 13.6. The van der Waals surface area contributed by atoms with Crippen molar-refractivity contribution in [1.29, 1.82) is 5.26 Å². The number of ether oxygens (including phenoxy) is 15. The van der Waals surface area contributed by atoms with Crippen LogP contribution in [0.2, 0.25) is 0 Å². The molecule has 0 amide bonds. The topological polar surface area (TPSA) is 271 Å². The molecule has 0 spiro atoms. The Morgan fingerprint density at radius 1 is 0.414 bits per heavy atom. The molecule has 0 aromatic heterocycles. The molecule has 22 heteroatoms. The Morgan fingerprint density at radius 2 is 0.759 bits per heavy atom. The normalized spacial score (nSPS) is 13.6. The predicted octanol–water partition coefficient (Wildman–Crippen LogP) is 9.55. The van der Waals surface area contributed by atoms with Gasteiger partial charge in [0, 0.05) is 185 Å². The fourth-order valence-corrected chi connectivity index (χ4v) is 8.83. The van der Waals surface area contributed by atoms with Gasteiger partial charge in [0.2, 0.25) is 0 Å². The predicted molar refractivity (Wildman–Crippen MR) is 329 cm³/mol. The molecule has 0 rings (SSSR count). The van der Waals surface area contributed by atoms with E-state index >= 15 is 0 Å². The van der Waals surface area contributed by atoms with Crippen molar-refractivity contribution in [3.05, 3.63) is 0 Å². The molecule has 0 heterocycles. The number of carbonyl (C=O) groups excluding carboxylic acids is 3. The van der Waals surface area contributed by atoms with Crippen LogP contribution in [0.1, 0.15) is 176 Å². The van der Waals surface area contributed by atoms with Crippen molar-refractivity contribution in [1.82, 2.24) is 0 Å². The second kappa shape index (κ2) is 65.8. The number of hydrogen-bond donors (Lipinski definition) is 2. The summed E-state index contributed by atoms with van der Waals surface area (Å²) in [6.45, 7) is 24.8. The standard InChI is InChI=1S/C65H121NO21/c1-6-9-23-58(7-2)55-86-65(72)61(53-60(63(69)70)51-59(54-66)52-62(8-3)87-57(5)68)50-56(4)64(71)85-49-22-48-84-47-21-46-83-45-20-44-82-43-19-42-81-41-18-40-80-39-17-38-79-37-16-36-78-35-15-34-77-33-14-32-76-31-13-30-75-29-12-28-74-27-11-26-73-25-10-24-67/h56,58-62,67H,6-53,55H2,1-5H3,(H,69,70). The molecule has 2 N–H and O–H groups in total. The van der Waals surface area contributed by atoms with E-state index in [2.05, 4.69) is 13.0 Å². The number of hydrogen-bond acceptors (Lipinski definition) is 21. The van der Waals surface area contributed by atoms with Gasteiger partial charge < -0.3 is 81.3 Å². The van der Waals surface area contributed by atoms with Crippen molar-refractivity contribution >= 4 is 23.9 Å². The molecule has 0 aromatic carbocycles. The molecule has 6 unspecified atom stereocenters. The van der Waals surface area contributed by atoms with Crippen LogP contribution in [0.5, 0.6) is 0 Å². The minimum absolute atomic E-state index is 0.0338. The molecule has 0 aromatic rings. The van der Waals surface area contributed by atoms with Gasteiger partial charge in [-0.05, 0) is 115 Å². The second-order valence-electron chi connectivity index (χ2n) is 21.9. The SMILES string of the molecule is CCCCC(CC)COC(=O)C(CC(C)C(=O)OCCCOCCCOCCCOCCCOCCCOCCCOCCCOCCCOCCCOCCCOCCCOCCCOCCCO)CC(CC(C#N)CC(CC)OC(C)=O)C(=O)O. The number of aliphatic hydroxyl groups excluding tert-OH is 1. The molecule has 0 saturated heterocycles. The van der Waals surface area contributed by atoms with Crippen molar-refractivity contribution in [3.8, 4) is 6.07 Å². The first-order valence-electron chi connectivity index (χ1n) is 33.2. The van der Waals surface area contributed by atoms with E-state index in [1.165, 1.54) is 6.92 Å². The largest absolute Gasteiger partial charge is 0.481 e. The summed E-state index contributed by atoms with van der Waals surface area (Å²) in [7, 11) is 0. The molecule has 6 atom stereocenters. The Kier molecular flexibility index (Phi) is 63.4. The highest BCUT2D eigenvalue weighted by atomic mass is 16.6. The van der Waals surface area contributed by atoms with Gasteiger partial charge in [0.1, 0.15) is 6.10 Å². The van der Waals surface area contributed by atoms with Gasteiger partial charge in [0.25, 0.3) is 0 Å². The average Bonchev–Trinajstić information content (AvgIpc) is 3.68. The van der Waals surface area contributed by atoms with E-state index in [-0.39, 0.29) is 51.4 Å².